The molecule has 0 aliphatic carbocycles. The summed E-state index contributed by atoms with van der Waals surface area (Å²) in [4.78, 5) is 25.6. The third-order valence-corrected chi connectivity index (χ3v) is 3.38. The zero-order chi connectivity index (χ0) is 17.0. The Hall–Kier alpha value is -3.02. The lowest BCUT2D eigenvalue weighted by Crippen LogP contribution is -2.15. The van der Waals surface area contributed by atoms with E-state index in [1.165, 1.54) is 13.2 Å². The highest BCUT2D eigenvalue weighted by molar-refractivity contribution is 6.06. The average Bonchev–Trinajstić information content (AvgIpc) is 2.54. The van der Waals surface area contributed by atoms with Crippen molar-refractivity contribution in [2.75, 3.05) is 31.4 Å². The van der Waals surface area contributed by atoms with Crippen molar-refractivity contribution in [1.82, 2.24) is 0 Å². The number of carbonyl (C=O) groups excluding carboxylic acids is 2. The van der Waals surface area contributed by atoms with E-state index in [4.69, 9.17) is 10.5 Å². The van der Waals surface area contributed by atoms with Crippen molar-refractivity contribution >= 4 is 23.2 Å². The summed E-state index contributed by atoms with van der Waals surface area (Å²) in [7, 11) is 5.34. The van der Waals surface area contributed by atoms with Gasteiger partial charge in [0.15, 0.2) is 0 Å². The van der Waals surface area contributed by atoms with Gasteiger partial charge in [0.1, 0.15) is 5.75 Å². The van der Waals surface area contributed by atoms with E-state index in [-0.39, 0.29) is 5.91 Å². The van der Waals surface area contributed by atoms with Crippen molar-refractivity contribution in [2.45, 2.75) is 0 Å². The van der Waals surface area contributed by atoms with Gasteiger partial charge in [-0.25, -0.2) is 0 Å². The van der Waals surface area contributed by atoms with E-state index in [9.17, 15) is 9.59 Å². The van der Waals surface area contributed by atoms with Gasteiger partial charge in [-0.15, -0.1) is 0 Å². The Kier molecular flexibility index (Phi) is 4.85. The molecule has 0 aliphatic rings. The van der Waals surface area contributed by atoms with Crippen molar-refractivity contribution in [3.05, 3.63) is 53.6 Å². The molecule has 2 aromatic rings. The molecule has 6 heteroatoms. The van der Waals surface area contributed by atoms with Crippen molar-refractivity contribution in [1.29, 1.82) is 0 Å². The molecular formula is C17H19N3O3. The van der Waals surface area contributed by atoms with Gasteiger partial charge in [-0.3, -0.25) is 9.59 Å². The monoisotopic (exact) mass is 313 g/mol. The Morgan fingerprint density at radius 1 is 1.04 bits per heavy atom. The molecule has 0 aliphatic heterocycles. The van der Waals surface area contributed by atoms with E-state index in [0.29, 0.717) is 22.6 Å². The second kappa shape index (κ2) is 6.83. The summed E-state index contributed by atoms with van der Waals surface area (Å²) in [5, 5.41) is 2.74. The van der Waals surface area contributed by atoms with E-state index in [0.717, 1.165) is 5.69 Å². The first-order valence-corrected chi connectivity index (χ1v) is 6.99. The van der Waals surface area contributed by atoms with Crippen LogP contribution in [-0.2, 0) is 0 Å². The van der Waals surface area contributed by atoms with Gasteiger partial charge in [-0.1, -0.05) is 0 Å². The first kappa shape index (κ1) is 16.4. The molecule has 0 fully saturated rings. The van der Waals surface area contributed by atoms with Gasteiger partial charge < -0.3 is 20.7 Å². The third kappa shape index (κ3) is 3.79. The number of rotatable bonds is 5. The molecule has 0 aromatic heterocycles. The fourth-order valence-corrected chi connectivity index (χ4v) is 2.06. The lowest BCUT2D eigenvalue weighted by molar-refractivity contribution is 0.0996. The number of nitrogens with zero attached hydrogens (tertiary/aromatic N) is 1. The minimum atomic E-state index is -0.571. The highest BCUT2D eigenvalue weighted by atomic mass is 16.5. The molecule has 2 amide bonds. The molecule has 6 nitrogen and oxygen atoms in total. The second-order valence-corrected chi connectivity index (χ2v) is 5.17. The fourth-order valence-electron chi connectivity index (χ4n) is 2.06. The number of ether oxygens (including phenoxy) is 1. The summed E-state index contributed by atoms with van der Waals surface area (Å²) in [6, 6.07) is 11.8. The minimum absolute atomic E-state index is 0.295. The molecule has 0 unspecified atom stereocenters. The van der Waals surface area contributed by atoms with Crippen molar-refractivity contribution < 1.29 is 14.3 Å². The number of carbonyl (C=O) groups is 2. The quantitative estimate of drug-likeness (QED) is 0.885. The van der Waals surface area contributed by atoms with Crippen LogP contribution in [-0.4, -0.2) is 33.0 Å². The van der Waals surface area contributed by atoms with Gasteiger partial charge in [0.25, 0.3) is 5.91 Å². The Bertz CT molecular complexity index is 724. The van der Waals surface area contributed by atoms with E-state index < -0.39 is 5.91 Å². The highest BCUT2D eigenvalue weighted by Crippen LogP contribution is 2.26. The van der Waals surface area contributed by atoms with Crippen LogP contribution in [0.2, 0.25) is 0 Å². The Labute approximate surface area is 134 Å². The number of methoxy groups -OCH3 is 1. The standard InChI is InChI=1S/C17H19N3O3/c1-20(2)13-7-4-11(5-8-13)17(22)19-14-10-12(16(18)21)6-9-15(14)23-3/h4-10H,1-3H3,(H2,18,21)(H,19,22). The normalized spacial score (nSPS) is 10.0. The molecule has 120 valence electrons. The molecule has 0 atom stereocenters. The van der Waals surface area contributed by atoms with Crippen LogP contribution in [0.1, 0.15) is 20.7 Å². The fraction of sp³-hybridized carbons (Fsp3) is 0.176. The van der Waals surface area contributed by atoms with E-state index in [1.807, 2.05) is 31.1 Å². The number of nitrogens with one attached hydrogen (secondary N) is 1. The number of primary amides is 1. The lowest BCUT2D eigenvalue weighted by atomic mass is 10.1. The number of nitrogens with two attached hydrogens (primary N) is 1. The second-order valence-electron chi connectivity index (χ2n) is 5.17. The maximum atomic E-state index is 12.3. The van der Waals surface area contributed by atoms with Crippen molar-refractivity contribution in [3.63, 3.8) is 0 Å². The van der Waals surface area contributed by atoms with E-state index in [2.05, 4.69) is 5.32 Å². The molecule has 3 N–H and O–H groups in total. The Morgan fingerprint density at radius 2 is 1.65 bits per heavy atom. The molecule has 0 saturated carbocycles. The molecule has 0 bridgehead atoms. The third-order valence-electron chi connectivity index (χ3n) is 3.38. The number of amides is 2. The zero-order valence-corrected chi connectivity index (χ0v) is 13.3. The number of hydrogen-bond acceptors (Lipinski definition) is 4. The molecular weight excluding hydrogens is 294 g/mol. The summed E-state index contributed by atoms with van der Waals surface area (Å²) < 4.78 is 5.19. The number of benzene rings is 2. The molecule has 0 spiro atoms. The minimum Gasteiger partial charge on any atom is -0.495 e. The number of anilines is 2. The Morgan fingerprint density at radius 3 is 2.17 bits per heavy atom. The zero-order valence-electron chi connectivity index (χ0n) is 13.3. The van der Waals surface area contributed by atoms with Gasteiger partial charge in [0, 0.05) is 30.9 Å². The SMILES string of the molecule is COc1ccc(C(N)=O)cc1NC(=O)c1ccc(N(C)C)cc1. The summed E-state index contributed by atoms with van der Waals surface area (Å²) in [6.07, 6.45) is 0. The van der Waals surface area contributed by atoms with Crippen LogP contribution in [0.15, 0.2) is 42.5 Å². The van der Waals surface area contributed by atoms with Crippen LogP contribution in [0.3, 0.4) is 0 Å². The van der Waals surface area contributed by atoms with Gasteiger partial charge in [-0.2, -0.15) is 0 Å². The lowest BCUT2D eigenvalue weighted by Gasteiger charge is -2.14. The molecule has 23 heavy (non-hydrogen) atoms. The highest BCUT2D eigenvalue weighted by Gasteiger charge is 2.12. The van der Waals surface area contributed by atoms with Crippen LogP contribution >= 0.6 is 0 Å². The molecule has 0 saturated heterocycles. The van der Waals surface area contributed by atoms with Gasteiger partial charge in [0.05, 0.1) is 12.8 Å². The maximum absolute atomic E-state index is 12.3. The van der Waals surface area contributed by atoms with Gasteiger partial charge in [-0.05, 0) is 42.5 Å². The van der Waals surface area contributed by atoms with Gasteiger partial charge in [0.2, 0.25) is 5.91 Å². The van der Waals surface area contributed by atoms with Crippen LogP contribution in [0.4, 0.5) is 11.4 Å². The predicted molar refractivity (Wildman–Crippen MR) is 90.2 cm³/mol. The topological polar surface area (TPSA) is 84.7 Å². The average molecular weight is 313 g/mol. The van der Waals surface area contributed by atoms with Crippen molar-refractivity contribution in [3.8, 4) is 5.75 Å². The largest absolute Gasteiger partial charge is 0.495 e. The number of hydrogen-bond donors (Lipinski definition) is 2. The maximum Gasteiger partial charge on any atom is 0.255 e. The summed E-state index contributed by atoms with van der Waals surface area (Å²) in [5.74, 6) is -0.415. The molecule has 0 radical (unpaired) electrons. The molecule has 0 heterocycles. The predicted octanol–water partition coefficient (Wildman–Crippen LogP) is 2.11. The van der Waals surface area contributed by atoms with Crippen molar-refractivity contribution in [2.24, 2.45) is 5.73 Å². The first-order valence-electron chi connectivity index (χ1n) is 6.99. The van der Waals surface area contributed by atoms with E-state index in [1.54, 1.807) is 24.3 Å². The van der Waals surface area contributed by atoms with Crippen LogP contribution in [0, 0.1) is 0 Å². The first-order chi connectivity index (χ1) is 10.9. The molecule has 2 rings (SSSR count). The Balaban J connectivity index is 2.25. The summed E-state index contributed by atoms with van der Waals surface area (Å²) in [5.41, 5.74) is 7.45. The van der Waals surface area contributed by atoms with Crippen LogP contribution in [0.25, 0.3) is 0 Å². The van der Waals surface area contributed by atoms with Crippen LogP contribution in [0.5, 0.6) is 5.75 Å². The summed E-state index contributed by atoms with van der Waals surface area (Å²) >= 11 is 0. The summed E-state index contributed by atoms with van der Waals surface area (Å²) in [6.45, 7) is 0. The van der Waals surface area contributed by atoms with Crippen LogP contribution < -0.4 is 20.7 Å². The molecule has 2 aromatic carbocycles. The smallest absolute Gasteiger partial charge is 0.255 e. The van der Waals surface area contributed by atoms with Gasteiger partial charge >= 0.3 is 0 Å². The van der Waals surface area contributed by atoms with E-state index >= 15 is 0 Å².